The molecule has 1 heterocycles. The van der Waals surface area contributed by atoms with E-state index in [9.17, 15) is 26.7 Å². The van der Waals surface area contributed by atoms with Crippen LogP contribution in [-0.4, -0.2) is 30.1 Å². The third-order valence-corrected chi connectivity index (χ3v) is 3.25. The number of hydrogen-bond acceptors (Lipinski definition) is 2. The van der Waals surface area contributed by atoms with E-state index < -0.39 is 18.1 Å². The van der Waals surface area contributed by atoms with Gasteiger partial charge in [-0.15, -0.1) is 0 Å². The number of benzene rings is 1. The average molecular weight is 309 g/mol. The normalized spacial score (nSPS) is 17.3. The standard InChI is InChI=1S/C12H12F5N3O/c1-20-5-7-4-6(2-3-8(7)19-10(20)21)9(18)11(13,14)12(15,16)17/h2-4,9H,5,18H2,1H3,(H,19,21). The van der Waals surface area contributed by atoms with E-state index in [1.807, 2.05) is 0 Å². The lowest BCUT2D eigenvalue weighted by Crippen LogP contribution is -2.46. The van der Waals surface area contributed by atoms with Crippen LogP contribution < -0.4 is 11.1 Å². The minimum Gasteiger partial charge on any atom is -0.323 e. The molecular weight excluding hydrogens is 297 g/mol. The van der Waals surface area contributed by atoms with Gasteiger partial charge in [-0.3, -0.25) is 0 Å². The van der Waals surface area contributed by atoms with Gasteiger partial charge in [-0.05, 0) is 17.2 Å². The van der Waals surface area contributed by atoms with Crippen molar-refractivity contribution < 1.29 is 26.7 Å². The zero-order valence-electron chi connectivity index (χ0n) is 10.8. The topological polar surface area (TPSA) is 58.4 Å². The number of fused-ring (bicyclic) bond motifs is 1. The SMILES string of the molecule is CN1Cc2cc(C(N)C(F)(F)C(F)(F)F)ccc2NC1=O. The number of anilines is 1. The summed E-state index contributed by atoms with van der Waals surface area (Å²) in [6.07, 6.45) is -5.73. The van der Waals surface area contributed by atoms with Gasteiger partial charge in [0.15, 0.2) is 0 Å². The Labute approximate surface area is 116 Å². The van der Waals surface area contributed by atoms with Gasteiger partial charge >= 0.3 is 18.1 Å². The Balaban J connectivity index is 2.35. The van der Waals surface area contributed by atoms with Crippen molar-refractivity contribution in [1.82, 2.24) is 4.90 Å². The summed E-state index contributed by atoms with van der Waals surface area (Å²) >= 11 is 0. The smallest absolute Gasteiger partial charge is 0.323 e. The highest BCUT2D eigenvalue weighted by Gasteiger charge is 2.61. The zero-order chi connectivity index (χ0) is 16.0. The number of carbonyl (C=O) groups excluding carboxylic acids is 1. The quantitative estimate of drug-likeness (QED) is 0.825. The molecule has 1 unspecified atom stereocenters. The fourth-order valence-corrected chi connectivity index (χ4v) is 1.98. The van der Waals surface area contributed by atoms with Crippen LogP contribution in [0.3, 0.4) is 0 Å². The van der Waals surface area contributed by atoms with E-state index in [1.54, 1.807) is 0 Å². The van der Waals surface area contributed by atoms with Crippen LogP contribution in [0.15, 0.2) is 18.2 Å². The van der Waals surface area contributed by atoms with Gasteiger partial charge in [0.25, 0.3) is 0 Å². The van der Waals surface area contributed by atoms with Crippen molar-refractivity contribution in [3.8, 4) is 0 Å². The van der Waals surface area contributed by atoms with Crippen molar-refractivity contribution in [2.24, 2.45) is 5.73 Å². The van der Waals surface area contributed by atoms with Gasteiger partial charge in [-0.25, -0.2) is 4.79 Å². The van der Waals surface area contributed by atoms with Crippen LogP contribution in [0.1, 0.15) is 17.2 Å². The first-order valence-electron chi connectivity index (χ1n) is 5.89. The van der Waals surface area contributed by atoms with E-state index >= 15 is 0 Å². The highest BCUT2D eigenvalue weighted by atomic mass is 19.4. The Morgan fingerprint density at radius 3 is 2.48 bits per heavy atom. The van der Waals surface area contributed by atoms with E-state index in [2.05, 4.69) is 5.32 Å². The predicted octanol–water partition coefficient (Wildman–Crippen LogP) is 2.86. The molecule has 1 atom stereocenters. The van der Waals surface area contributed by atoms with Crippen LogP contribution in [0.5, 0.6) is 0 Å². The first-order valence-corrected chi connectivity index (χ1v) is 5.89. The van der Waals surface area contributed by atoms with Crippen LogP contribution in [0, 0.1) is 0 Å². The second-order valence-corrected chi connectivity index (χ2v) is 4.80. The summed E-state index contributed by atoms with van der Waals surface area (Å²) in [6, 6.07) is 0.567. The fourth-order valence-electron chi connectivity index (χ4n) is 1.98. The molecule has 0 bridgehead atoms. The molecule has 4 nitrogen and oxygen atoms in total. The molecule has 0 radical (unpaired) electrons. The summed E-state index contributed by atoms with van der Waals surface area (Å²) in [5.41, 5.74) is 5.52. The van der Waals surface area contributed by atoms with Crippen LogP contribution in [0.4, 0.5) is 32.4 Å². The Bertz CT molecular complexity index is 573. The molecule has 1 aliphatic rings. The van der Waals surface area contributed by atoms with E-state index in [-0.39, 0.29) is 18.1 Å². The second kappa shape index (κ2) is 4.83. The number of urea groups is 1. The van der Waals surface area contributed by atoms with E-state index in [1.165, 1.54) is 18.0 Å². The minimum absolute atomic E-state index is 0.0965. The zero-order valence-corrected chi connectivity index (χ0v) is 10.8. The molecule has 2 amide bonds. The first kappa shape index (κ1) is 15.5. The summed E-state index contributed by atoms with van der Waals surface area (Å²) in [7, 11) is 1.47. The molecule has 116 valence electrons. The van der Waals surface area contributed by atoms with Crippen molar-refractivity contribution in [2.75, 3.05) is 12.4 Å². The summed E-state index contributed by atoms with van der Waals surface area (Å²) in [5.74, 6) is -5.04. The average Bonchev–Trinajstić information content (AvgIpc) is 2.37. The Kier molecular flexibility index (Phi) is 3.56. The second-order valence-electron chi connectivity index (χ2n) is 4.80. The number of rotatable bonds is 2. The molecule has 0 aliphatic carbocycles. The molecule has 1 aromatic carbocycles. The Hall–Kier alpha value is -1.90. The number of nitrogens with zero attached hydrogens (tertiary/aromatic N) is 1. The van der Waals surface area contributed by atoms with Gasteiger partial charge in [0.2, 0.25) is 0 Å². The van der Waals surface area contributed by atoms with E-state index in [0.29, 0.717) is 11.3 Å². The number of nitrogens with one attached hydrogen (secondary N) is 1. The lowest BCUT2D eigenvalue weighted by atomic mass is 9.97. The van der Waals surface area contributed by atoms with Crippen LogP contribution >= 0.6 is 0 Å². The molecule has 0 fully saturated rings. The number of alkyl halides is 5. The van der Waals surface area contributed by atoms with Gasteiger partial charge in [-0.1, -0.05) is 12.1 Å². The van der Waals surface area contributed by atoms with Crippen molar-refractivity contribution in [2.45, 2.75) is 24.7 Å². The highest BCUT2D eigenvalue weighted by molar-refractivity contribution is 5.92. The summed E-state index contributed by atoms with van der Waals surface area (Å²) in [5, 5.41) is 2.48. The Morgan fingerprint density at radius 2 is 1.90 bits per heavy atom. The molecule has 3 N–H and O–H groups in total. The third-order valence-electron chi connectivity index (χ3n) is 3.25. The predicted molar refractivity (Wildman–Crippen MR) is 64.9 cm³/mol. The number of hydrogen-bond donors (Lipinski definition) is 2. The molecule has 21 heavy (non-hydrogen) atoms. The molecule has 1 aromatic rings. The maximum atomic E-state index is 13.3. The Morgan fingerprint density at radius 1 is 1.29 bits per heavy atom. The van der Waals surface area contributed by atoms with Crippen LogP contribution in [0.2, 0.25) is 0 Å². The number of nitrogens with two attached hydrogens (primary N) is 1. The first-order chi connectivity index (χ1) is 9.54. The third kappa shape index (κ3) is 2.65. The largest absolute Gasteiger partial charge is 0.455 e. The number of amides is 2. The summed E-state index contributed by atoms with van der Waals surface area (Å²) in [4.78, 5) is 12.7. The monoisotopic (exact) mass is 309 g/mol. The molecule has 0 saturated carbocycles. The van der Waals surface area contributed by atoms with Crippen molar-refractivity contribution in [3.63, 3.8) is 0 Å². The maximum Gasteiger partial charge on any atom is 0.455 e. The van der Waals surface area contributed by atoms with Crippen LogP contribution in [-0.2, 0) is 6.54 Å². The van der Waals surface area contributed by atoms with Crippen molar-refractivity contribution >= 4 is 11.7 Å². The van der Waals surface area contributed by atoms with Gasteiger partial charge < -0.3 is 16.0 Å². The van der Waals surface area contributed by atoms with Crippen LogP contribution in [0.25, 0.3) is 0 Å². The van der Waals surface area contributed by atoms with Crippen molar-refractivity contribution in [3.05, 3.63) is 29.3 Å². The molecular formula is C12H12F5N3O. The maximum absolute atomic E-state index is 13.3. The molecule has 9 heteroatoms. The lowest BCUT2D eigenvalue weighted by Gasteiger charge is -2.29. The van der Waals surface area contributed by atoms with E-state index in [0.717, 1.165) is 12.1 Å². The highest BCUT2D eigenvalue weighted by Crippen LogP contribution is 2.43. The van der Waals surface area contributed by atoms with Crippen molar-refractivity contribution in [1.29, 1.82) is 0 Å². The molecule has 1 aliphatic heterocycles. The molecule has 0 spiro atoms. The summed E-state index contributed by atoms with van der Waals surface area (Å²) < 4.78 is 63.5. The summed E-state index contributed by atoms with van der Waals surface area (Å²) in [6.45, 7) is 0.0965. The van der Waals surface area contributed by atoms with Gasteiger partial charge in [-0.2, -0.15) is 22.0 Å². The number of halogens is 5. The lowest BCUT2D eigenvalue weighted by molar-refractivity contribution is -0.291. The molecule has 0 aromatic heterocycles. The fraction of sp³-hybridized carbons (Fsp3) is 0.417. The molecule has 2 rings (SSSR count). The van der Waals surface area contributed by atoms with Gasteiger partial charge in [0.05, 0.1) is 0 Å². The van der Waals surface area contributed by atoms with E-state index in [4.69, 9.17) is 5.73 Å². The molecule has 0 saturated heterocycles. The number of carbonyl (C=O) groups is 1. The van der Waals surface area contributed by atoms with Gasteiger partial charge in [0.1, 0.15) is 6.04 Å². The van der Waals surface area contributed by atoms with Gasteiger partial charge in [0, 0.05) is 19.3 Å². The minimum atomic E-state index is -5.73.